The molecule has 2 rings (SSSR count). The Morgan fingerprint density at radius 1 is 1.18 bits per heavy atom. The first-order chi connectivity index (χ1) is 8.31. The highest BCUT2D eigenvalue weighted by Crippen LogP contribution is 2.19. The summed E-state index contributed by atoms with van der Waals surface area (Å²) in [6.07, 6.45) is 3.43. The van der Waals surface area contributed by atoms with E-state index in [-0.39, 0.29) is 5.91 Å². The van der Waals surface area contributed by atoms with Crippen molar-refractivity contribution in [3.63, 3.8) is 0 Å². The number of benzene rings is 2. The van der Waals surface area contributed by atoms with Crippen molar-refractivity contribution in [2.45, 2.75) is 6.92 Å². The van der Waals surface area contributed by atoms with E-state index in [2.05, 4.69) is 23.5 Å². The molecule has 0 saturated heterocycles. The molecule has 0 aliphatic carbocycles. The van der Waals surface area contributed by atoms with E-state index in [0.717, 1.165) is 10.9 Å². The molecule has 0 unspecified atom stereocenters. The van der Waals surface area contributed by atoms with Crippen molar-refractivity contribution in [2.24, 2.45) is 0 Å². The average molecular weight is 225 g/mol. The number of likely N-dealkylation sites (N-methyl/N-ethyl adjacent to an activating group) is 1. The van der Waals surface area contributed by atoms with Crippen molar-refractivity contribution in [1.82, 2.24) is 5.32 Å². The Bertz CT molecular complexity index is 552. The van der Waals surface area contributed by atoms with Crippen LogP contribution in [0.5, 0.6) is 0 Å². The van der Waals surface area contributed by atoms with Gasteiger partial charge in [0.15, 0.2) is 0 Å². The fourth-order valence-corrected chi connectivity index (χ4v) is 1.79. The second-order valence-corrected chi connectivity index (χ2v) is 3.80. The standard InChI is InChI=1S/C15H15NO/c1-2-16-15(17)11-10-13-8-5-7-12-6-3-4-9-14(12)13/h3-11H,2H2,1H3,(H,16,17)/b11-10+. The summed E-state index contributed by atoms with van der Waals surface area (Å²) in [6.45, 7) is 2.56. The Labute approximate surface area is 101 Å². The topological polar surface area (TPSA) is 29.1 Å². The van der Waals surface area contributed by atoms with Crippen LogP contribution in [0, 0.1) is 0 Å². The van der Waals surface area contributed by atoms with E-state index in [1.807, 2.05) is 37.3 Å². The lowest BCUT2D eigenvalue weighted by atomic mass is 10.0. The first kappa shape index (κ1) is 11.4. The molecule has 1 amide bonds. The highest BCUT2D eigenvalue weighted by atomic mass is 16.1. The van der Waals surface area contributed by atoms with Crippen molar-refractivity contribution in [1.29, 1.82) is 0 Å². The summed E-state index contributed by atoms with van der Waals surface area (Å²) in [4.78, 5) is 11.4. The fraction of sp³-hybridized carbons (Fsp3) is 0.133. The molecule has 1 N–H and O–H groups in total. The molecule has 2 aromatic carbocycles. The molecule has 2 heteroatoms. The molecule has 0 saturated carbocycles. The molecule has 0 aliphatic rings. The third-order valence-corrected chi connectivity index (χ3v) is 2.59. The van der Waals surface area contributed by atoms with E-state index in [4.69, 9.17) is 0 Å². The van der Waals surface area contributed by atoms with E-state index in [1.165, 1.54) is 5.39 Å². The molecular formula is C15H15NO. The van der Waals surface area contributed by atoms with Gasteiger partial charge in [-0.3, -0.25) is 4.79 Å². The van der Waals surface area contributed by atoms with Crippen LogP contribution in [0.4, 0.5) is 0 Å². The van der Waals surface area contributed by atoms with Crippen molar-refractivity contribution >= 4 is 22.8 Å². The number of amides is 1. The number of carbonyl (C=O) groups is 1. The SMILES string of the molecule is CCNC(=O)/C=C/c1cccc2ccccc12. The largest absolute Gasteiger partial charge is 0.353 e. The van der Waals surface area contributed by atoms with Crippen LogP contribution in [0.25, 0.3) is 16.8 Å². The predicted molar refractivity (Wildman–Crippen MR) is 71.7 cm³/mol. The zero-order chi connectivity index (χ0) is 12.1. The van der Waals surface area contributed by atoms with E-state index < -0.39 is 0 Å². The first-order valence-electron chi connectivity index (χ1n) is 5.75. The molecule has 2 nitrogen and oxygen atoms in total. The van der Waals surface area contributed by atoms with Crippen LogP contribution in [0.2, 0.25) is 0 Å². The van der Waals surface area contributed by atoms with Crippen LogP contribution in [-0.2, 0) is 4.79 Å². The number of carbonyl (C=O) groups excluding carboxylic acids is 1. The maximum atomic E-state index is 11.4. The molecule has 0 radical (unpaired) electrons. The van der Waals surface area contributed by atoms with Gasteiger partial charge < -0.3 is 5.32 Å². The molecule has 2 aromatic rings. The lowest BCUT2D eigenvalue weighted by Crippen LogP contribution is -2.19. The Kier molecular flexibility index (Phi) is 3.55. The Balaban J connectivity index is 2.33. The third-order valence-electron chi connectivity index (χ3n) is 2.59. The van der Waals surface area contributed by atoms with Crippen molar-refractivity contribution < 1.29 is 4.79 Å². The maximum Gasteiger partial charge on any atom is 0.243 e. The summed E-state index contributed by atoms with van der Waals surface area (Å²) in [7, 11) is 0. The van der Waals surface area contributed by atoms with Gasteiger partial charge in [-0.1, -0.05) is 42.5 Å². The summed E-state index contributed by atoms with van der Waals surface area (Å²) in [5, 5.41) is 5.09. The summed E-state index contributed by atoms with van der Waals surface area (Å²) < 4.78 is 0. The van der Waals surface area contributed by atoms with Gasteiger partial charge in [0.05, 0.1) is 0 Å². The first-order valence-corrected chi connectivity index (χ1v) is 5.75. The van der Waals surface area contributed by atoms with Crippen LogP contribution >= 0.6 is 0 Å². The van der Waals surface area contributed by atoms with E-state index in [0.29, 0.717) is 6.54 Å². The van der Waals surface area contributed by atoms with E-state index in [1.54, 1.807) is 6.08 Å². The number of fused-ring (bicyclic) bond motifs is 1. The molecule has 0 heterocycles. The summed E-state index contributed by atoms with van der Waals surface area (Å²) in [5.74, 6) is -0.0552. The Hall–Kier alpha value is -2.09. The Morgan fingerprint density at radius 2 is 1.94 bits per heavy atom. The molecular weight excluding hydrogens is 210 g/mol. The van der Waals surface area contributed by atoms with Crippen LogP contribution in [0.15, 0.2) is 48.5 Å². The monoisotopic (exact) mass is 225 g/mol. The second-order valence-electron chi connectivity index (χ2n) is 3.80. The molecule has 0 aliphatic heterocycles. The molecule has 0 fully saturated rings. The predicted octanol–water partition coefficient (Wildman–Crippen LogP) is 2.99. The van der Waals surface area contributed by atoms with Gasteiger partial charge in [0.25, 0.3) is 0 Å². The maximum absolute atomic E-state index is 11.4. The lowest BCUT2D eigenvalue weighted by Gasteiger charge is -2.01. The molecule has 0 aromatic heterocycles. The van der Waals surface area contributed by atoms with Gasteiger partial charge in [-0.05, 0) is 29.3 Å². The highest BCUT2D eigenvalue weighted by Gasteiger charge is 1.97. The summed E-state index contributed by atoms with van der Waals surface area (Å²) >= 11 is 0. The molecule has 0 spiro atoms. The van der Waals surface area contributed by atoms with Gasteiger partial charge in [-0.25, -0.2) is 0 Å². The van der Waals surface area contributed by atoms with Crippen LogP contribution in [0.1, 0.15) is 12.5 Å². The Morgan fingerprint density at radius 3 is 2.76 bits per heavy atom. The van der Waals surface area contributed by atoms with Crippen molar-refractivity contribution in [3.8, 4) is 0 Å². The second kappa shape index (κ2) is 5.30. The molecule has 17 heavy (non-hydrogen) atoms. The van der Waals surface area contributed by atoms with Crippen molar-refractivity contribution in [3.05, 3.63) is 54.1 Å². The molecule has 86 valence electrons. The van der Waals surface area contributed by atoms with Gasteiger partial charge in [-0.2, -0.15) is 0 Å². The minimum absolute atomic E-state index is 0.0552. The number of rotatable bonds is 3. The third kappa shape index (κ3) is 2.72. The van der Waals surface area contributed by atoms with Gasteiger partial charge in [-0.15, -0.1) is 0 Å². The number of hydrogen-bond acceptors (Lipinski definition) is 1. The van der Waals surface area contributed by atoms with Crippen LogP contribution < -0.4 is 5.32 Å². The molecule has 0 bridgehead atoms. The zero-order valence-corrected chi connectivity index (χ0v) is 9.81. The molecule has 0 atom stereocenters. The summed E-state index contributed by atoms with van der Waals surface area (Å²) in [6, 6.07) is 14.2. The average Bonchev–Trinajstić information content (AvgIpc) is 2.36. The quantitative estimate of drug-likeness (QED) is 0.799. The fourth-order valence-electron chi connectivity index (χ4n) is 1.79. The minimum atomic E-state index is -0.0552. The normalized spacial score (nSPS) is 10.9. The van der Waals surface area contributed by atoms with Gasteiger partial charge in [0.2, 0.25) is 5.91 Å². The van der Waals surface area contributed by atoms with Crippen molar-refractivity contribution in [2.75, 3.05) is 6.54 Å². The van der Waals surface area contributed by atoms with Gasteiger partial charge >= 0.3 is 0 Å². The summed E-state index contributed by atoms with van der Waals surface area (Å²) in [5.41, 5.74) is 1.06. The van der Waals surface area contributed by atoms with Gasteiger partial charge in [0.1, 0.15) is 0 Å². The number of nitrogens with one attached hydrogen (secondary N) is 1. The van der Waals surface area contributed by atoms with E-state index >= 15 is 0 Å². The van der Waals surface area contributed by atoms with E-state index in [9.17, 15) is 4.79 Å². The van der Waals surface area contributed by atoms with Crippen LogP contribution in [0.3, 0.4) is 0 Å². The smallest absolute Gasteiger partial charge is 0.243 e. The highest BCUT2D eigenvalue weighted by molar-refractivity contribution is 5.96. The van der Waals surface area contributed by atoms with Crippen LogP contribution in [-0.4, -0.2) is 12.5 Å². The zero-order valence-electron chi connectivity index (χ0n) is 9.81. The van der Waals surface area contributed by atoms with Gasteiger partial charge in [0, 0.05) is 12.6 Å². The lowest BCUT2D eigenvalue weighted by molar-refractivity contribution is -0.116. The number of hydrogen-bond donors (Lipinski definition) is 1. The minimum Gasteiger partial charge on any atom is -0.353 e.